The van der Waals surface area contributed by atoms with E-state index in [1.165, 1.54) is 0 Å². The predicted octanol–water partition coefficient (Wildman–Crippen LogP) is 4.33. The zero-order valence-electron chi connectivity index (χ0n) is 12.6. The first kappa shape index (κ1) is 16.8. The molecule has 0 aliphatic carbocycles. The van der Waals surface area contributed by atoms with Gasteiger partial charge in [-0.2, -0.15) is 0 Å². The maximum atomic E-state index is 12.0. The lowest BCUT2D eigenvalue weighted by molar-refractivity contribution is 0.0985. The summed E-state index contributed by atoms with van der Waals surface area (Å²) in [6.07, 6.45) is 5.86. The lowest BCUT2D eigenvalue weighted by Gasteiger charge is -2.20. The monoisotopic (exact) mass is 285 g/mol. The fourth-order valence-electron chi connectivity index (χ4n) is 1.86. The van der Waals surface area contributed by atoms with Crippen molar-refractivity contribution in [3.63, 3.8) is 0 Å². The van der Waals surface area contributed by atoms with Crippen molar-refractivity contribution in [2.45, 2.75) is 20.0 Å². The molecule has 0 atom stereocenters. The number of nitrogens with zero attached hydrogens (tertiary/aromatic N) is 1. The van der Waals surface area contributed by atoms with Crippen LogP contribution in [0.4, 0.5) is 4.79 Å². The molecular weight excluding hydrogens is 262 g/mol. The third kappa shape index (κ3) is 6.13. The molecule has 0 radical (unpaired) electrons. The van der Waals surface area contributed by atoms with Gasteiger partial charge in [0, 0.05) is 13.1 Å². The van der Waals surface area contributed by atoms with E-state index in [4.69, 9.17) is 4.74 Å². The van der Waals surface area contributed by atoms with E-state index in [0.717, 1.165) is 17.6 Å². The molecule has 0 unspecified atom stereocenters. The van der Waals surface area contributed by atoms with Crippen molar-refractivity contribution >= 4 is 6.09 Å². The van der Waals surface area contributed by atoms with E-state index in [1.54, 1.807) is 17.1 Å². The van der Waals surface area contributed by atoms with Gasteiger partial charge in [0.25, 0.3) is 0 Å². The minimum atomic E-state index is -0.289. The van der Waals surface area contributed by atoms with Crippen LogP contribution in [0.25, 0.3) is 0 Å². The van der Waals surface area contributed by atoms with Crippen molar-refractivity contribution in [3.8, 4) is 0 Å². The smallest absolute Gasteiger partial charge is 0.410 e. The van der Waals surface area contributed by atoms with Crippen molar-refractivity contribution in [2.24, 2.45) is 0 Å². The van der Waals surface area contributed by atoms with Gasteiger partial charge >= 0.3 is 6.09 Å². The highest BCUT2D eigenvalue weighted by molar-refractivity contribution is 5.67. The maximum Gasteiger partial charge on any atom is 0.410 e. The molecule has 0 heterocycles. The molecular formula is C18H23NO2. The number of ether oxygens (including phenoxy) is 1. The first-order valence-electron chi connectivity index (χ1n) is 7.11. The summed E-state index contributed by atoms with van der Waals surface area (Å²) < 4.78 is 5.33. The first-order chi connectivity index (χ1) is 10.2. The number of carbonyl (C=O) groups is 1. The number of allylic oxidation sites excluding steroid dienone is 3. The Hall–Kier alpha value is -2.29. The summed E-state index contributed by atoms with van der Waals surface area (Å²) in [5.41, 5.74) is 2.04. The largest absolute Gasteiger partial charge is 0.445 e. The summed E-state index contributed by atoms with van der Waals surface area (Å²) in [5.74, 6) is 0. The van der Waals surface area contributed by atoms with Crippen LogP contribution in [0.2, 0.25) is 0 Å². The molecule has 21 heavy (non-hydrogen) atoms. The molecule has 0 aromatic heterocycles. The second-order valence-electron chi connectivity index (χ2n) is 4.55. The summed E-state index contributed by atoms with van der Waals surface area (Å²) in [6, 6.07) is 9.67. The van der Waals surface area contributed by atoms with Crippen LogP contribution >= 0.6 is 0 Å². The van der Waals surface area contributed by atoms with E-state index in [0.29, 0.717) is 19.7 Å². The van der Waals surface area contributed by atoms with Gasteiger partial charge in [-0.3, -0.25) is 0 Å². The molecule has 0 saturated heterocycles. The standard InChI is InChI=1S/C18H23NO2/c1-4-10-16(5-2)13-14-19(6-3)18(20)21-15-17-11-8-7-9-12-17/h4-5,7-12H,1-2,6,13-15H2,3H3/b16-10+. The van der Waals surface area contributed by atoms with E-state index in [2.05, 4.69) is 13.2 Å². The molecule has 0 spiro atoms. The molecule has 1 rings (SSSR count). The Kier molecular flexibility index (Phi) is 7.65. The molecule has 0 aliphatic rings. The number of hydrogen-bond acceptors (Lipinski definition) is 2. The van der Waals surface area contributed by atoms with Crippen LogP contribution in [0.1, 0.15) is 18.9 Å². The molecule has 0 fully saturated rings. The number of amides is 1. The molecule has 3 nitrogen and oxygen atoms in total. The van der Waals surface area contributed by atoms with Crippen LogP contribution < -0.4 is 0 Å². The van der Waals surface area contributed by atoms with Crippen molar-refractivity contribution in [2.75, 3.05) is 13.1 Å². The summed E-state index contributed by atoms with van der Waals surface area (Å²) >= 11 is 0. The second-order valence-corrected chi connectivity index (χ2v) is 4.55. The van der Waals surface area contributed by atoms with Crippen LogP contribution in [0.15, 0.2) is 67.3 Å². The molecule has 112 valence electrons. The van der Waals surface area contributed by atoms with E-state index in [-0.39, 0.29) is 6.09 Å². The highest BCUT2D eigenvalue weighted by Gasteiger charge is 2.12. The zero-order valence-corrected chi connectivity index (χ0v) is 12.6. The van der Waals surface area contributed by atoms with Gasteiger partial charge in [0.15, 0.2) is 0 Å². The van der Waals surface area contributed by atoms with Crippen LogP contribution in [0.5, 0.6) is 0 Å². The Labute approximate surface area is 127 Å². The fourth-order valence-corrected chi connectivity index (χ4v) is 1.86. The van der Waals surface area contributed by atoms with Crippen molar-refractivity contribution < 1.29 is 9.53 Å². The average molecular weight is 285 g/mol. The second kappa shape index (κ2) is 9.59. The van der Waals surface area contributed by atoms with Crippen LogP contribution in [0.3, 0.4) is 0 Å². The Morgan fingerprint density at radius 1 is 1.29 bits per heavy atom. The van der Waals surface area contributed by atoms with Gasteiger partial charge in [-0.25, -0.2) is 4.79 Å². The van der Waals surface area contributed by atoms with Crippen molar-refractivity contribution in [3.05, 3.63) is 72.9 Å². The number of benzene rings is 1. The van der Waals surface area contributed by atoms with Gasteiger partial charge in [-0.1, -0.05) is 61.7 Å². The number of hydrogen-bond donors (Lipinski definition) is 0. The minimum Gasteiger partial charge on any atom is -0.445 e. The van der Waals surface area contributed by atoms with Crippen LogP contribution in [-0.4, -0.2) is 24.1 Å². The highest BCUT2D eigenvalue weighted by atomic mass is 16.6. The third-order valence-electron chi connectivity index (χ3n) is 3.11. The summed E-state index contributed by atoms with van der Waals surface area (Å²) in [6.45, 7) is 10.9. The Bertz CT molecular complexity index is 491. The Morgan fingerprint density at radius 3 is 2.57 bits per heavy atom. The van der Waals surface area contributed by atoms with Gasteiger partial charge in [0.05, 0.1) is 0 Å². The normalized spacial score (nSPS) is 10.8. The Balaban J connectivity index is 2.47. The topological polar surface area (TPSA) is 29.5 Å². The van der Waals surface area contributed by atoms with Gasteiger partial charge < -0.3 is 9.64 Å². The zero-order chi connectivity index (χ0) is 15.5. The summed E-state index contributed by atoms with van der Waals surface area (Å²) in [4.78, 5) is 13.7. The van der Waals surface area contributed by atoms with Crippen LogP contribution in [0, 0.1) is 0 Å². The average Bonchev–Trinajstić information content (AvgIpc) is 2.53. The maximum absolute atomic E-state index is 12.0. The molecule has 1 amide bonds. The predicted molar refractivity (Wildman–Crippen MR) is 87.0 cm³/mol. The van der Waals surface area contributed by atoms with E-state index in [1.807, 2.05) is 43.3 Å². The molecule has 0 N–H and O–H groups in total. The Morgan fingerprint density at radius 2 is 2.00 bits per heavy atom. The SMILES string of the molecule is C=C/C=C(\C=C)CCN(CC)C(=O)OCc1ccccc1. The minimum absolute atomic E-state index is 0.289. The van der Waals surface area contributed by atoms with Gasteiger partial charge in [0.1, 0.15) is 6.61 Å². The lowest BCUT2D eigenvalue weighted by Crippen LogP contribution is -2.32. The van der Waals surface area contributed by atoms with E-state index in [9.17, 15) is 4.79 Å². The molecule has 0 aliphatic heterocycles. The van der Waals surface area contributed by atoms with Gasteiger partial charge in [0.2, 0.25) is 0 Å². The lowest BCUT2D eigenvalue weighted by atomic mass is 10.1. The van der Waals surface area contributed by atoms with Crippen molar-refractivity contribution in [1.82, 2.24) is 4.90 Å². The van der Waals surface area contributed by atoms with Crippen LogP contribution in [-0.2, 0) is 11.3 Å². The summed E-state index contributed by atoms with van der Waals surface area (Å²) in [5, 5.41) is 0. The fraction of sp³-hybridized carbons (Fsp3) is 0.278. The molecule has 1 aromatic rings. The highest BCUT2D eigenvalue weighted by Crippen LogP contribution is 2.08. The molecule has 0 saturated carbocycles. The van der Waals surface area contributed by atoms with Crippen molar-refractivity contribution in [1.29, 1.82) is 0 Å². The first-order valence-corrected chi connectivity index (χ1v) is 7.11. The number of rotatable bonds is 8. The quantitative estimate of drug-likeness (QED) is 0.665. The van der Waals surface area contributed by atoms with E-state index < -0.39 is 0 Å². The molecule has 0 bridgehead atoms. The van der Waals surface area contributed by atoms with E-state index >= 15 is 0 Å². The number of carbonyl (C=O) groups excluding carboxylic acids is 1. The van der Waals surface area contributed by atoms with Gasteiger partial charge in [-0.15, -0.1) is 0 Å². The third-order valence-corrected chi connectivity index (χ3v) is 3.11. The summed E-state index contributed by atoms with van der Waals surface area (Å²) in [7, 11) is 0. The molecule has 1 aromatic carbocycles. The molecule has 3 heteroatoms. The van der Waals surface area contributed by atoms with Gasteiger partial charge in [-0.05, 0) is 24.5 Å².